The Balaban J connectivity index is 1.92. The lowest BCUT2D eigenvalue weighted by atomic mass is 10.2. The summed E-state index contributed by atoms with van der Waals surface area (Å²) in [5, 5.41) is 3.36. The smallest absolute Gasteiger partial charge is 0.142 e. The molecule has 4 nitrogen and oxygen atoms in total. The van der Waals surface area contributed by atoms with Gasteiger partial charge < -0.3 is 15.0 Å². The van der Waals surface area contributed by atoms with E-state index in [9.17, 15) is 0 Å². The van der Waals surface area contributed by atoms with E-state index in [0.717, 1.165) is 49.9 Å². The maximum Gasteiger partial charge on any atom is 0.142 e. The largest absolute Gasteiger partial charge is 0.491 e. The molecule has 0 aliphatic carbocycles. The van der Waals surface area contributed by atoms with Crippen LogP contribution in [-0.4, -0.2) is 24.7 Å². The van der Waals surface area contributed by atoms with Gasteiger partial charge in [-0.3, -0.25) is 0 Å². The number of rotatable bonds is 4. The van der Waals surface area contributed by atoms with Gasteiger partial charge in [0.25, 0.3) is 0 Å². The van der Waals surface area contributed by atoms with Crippen molar-refractivity contribution in [2.75, 3.05) is 24.6 Å². The Labute approximate surface area is 125 Å². The third kappa shape index (κ3) is 3.16. The molecule has 0 unspecified atom stereocenters. The first kappa shape index (κ1) is 13.9. The van der Waals surface area contributed by atoms with Gasteiger partial charge in [-0.25, -0.2) is 4.98 Å². The van der Waals surface area contributed by atoms with Crippen molar-refractivity contribution < 1.29 is 4.74 Å². The highest BCUT2D eigenvalue weighted by Crippen LogP contribution is 2.34. The molecule has 1 N–H and O–H groups in total. The van der Waals surface area contributed by atoms with Gasteiger partial charge in [0.05, 0.1) is 12.3 Å². The number of nitrogens with zero attached hydrogens (tertiary/aromatic N) is 2. The van der Waals surface area contributed by atoms with Crippen molar-refractivity contribution in [2.45, 2.75) is 19.9 Å². The van der Waals surface area contributed by atoms with Crippen molar-refractivity contribution in [1.82, 2.24) is 10.3 Å². The van der Waals surface area contributed by atoms with Crippen LogP contribution in [0.4, 0.5) is 11.5 Å². The van der Waals surface area contributed by atoms with Crippen LogP contribution in [0.1, 0.15) is 18.9 Å². The lowest BCUT2D eigenvalue weighted by molar-refractivity contribution is 0.322. The molecule has 0 radical (unpaired) electrons. The minimum Gasteiger partial charge on any atom is -0.491 e. The molecule has 1 aliphatic rings. The fourth-order valence-electron chi connectivity index (χ4n) is 2.55. The second-order valence-electron chi connectivity index (χ2n) is 5.12. The predicted octanol–water partition coefficient (Wildman–Crippen LogP) is 3.11. The van der Waals surface area contributed by atoms with Gasteiger partial charge >= 0.3 is 0 Å². The van der Waals surface area contributed by atoms with Crippen LogP contribution in [0.5, 0.6) is 5.75 Å². The van der Waals surface area contributed by atoms with E-state index in [4.69, 9.17) is 4.74 Å². The lowest BCUT2D eigenvalue weighted by Crippen LogP contribution is -2.19. The molecule has 0 atom stereocenters. The molecular formula is C17H21N3O. The molecular weight excluding hydrogens is 262 g/mol. The molecule has 0 bridgehead atoms. The van der Waals surface area contributed by atoms with E-state index in [0.29, 0.717) is 0 Å². The first-order valence-electron chi connectivity index (χ1n) is 7.53. The number of hydrogen-bond acceptors (Lipinski definition) is 4. The average molecular weight is 283 g/mol. The molecule has 0 saturated heterocycles. The van der Waals surface area contributed by atoms with E-state index in [1.165, 1.54) is 5.56 Å². The van der Waals surface area contributed by atoms with E-state index in [-0.39, 0.29) is 0 Å². The summed E-state index contributed by atoms with van der Waals surface area (Å²) in [5.74, 6) is 1.93. The standard InChI is InChI=1S/C17H21N3O/c1-2-18-13-14-8-9-19-17(12-14)20-10-5-11-21-16-7-4-3-6-15(16)20/h3-4,6-9,12,18H,2,5,10-11,13H2,1H3. The lowest BCUT2D eigenvalue weighted by Gasteiger charge is -2.23. The Hall–Kier alpha value is -2.07. The van der Waals surface area contributed by atoms with Crippen LogP contribution in [0.3, 0.4) is 0 Å². The summed E-state index contributed by atoms with van der Waals surface area (Å²) < 4.78 is 5.81. The molecule has 3 rings (SSSR count). The van der Waals surface area contributed by atoms with Gasteiger partial charge in [-0.1, -0.05) is 19.1 Å². The molecule has 1 aromatic heterocycles. The van der Waals surface area contributed by atoms with Crippen LogP contribution in [0, 0.1) is 0 Å². The van der Waals surface area contributed by atoms with Crippen LogP contribution >= 0.6 is 0 Å². The Morgan fingerprint density at radius 3 is 3.10 bits per heavy atom. The van der Waals surface area contributed by atoms with Crippen LogP contribution in [-0.2, 0) is 6.54 Å². The molecule has 110 valence electrons. The van der Waals surface area contributed by atoms with Crippen molar-refractivity contribution in [3.05, 3.63) is 48.2 Å². The third-order valence-electron chi connectivity index (χ3n) is 3.61. The number of nitrogens with one attached hydrogen (secondary N) is 1. The number of ether oxygens (including phenoxy) is 1. The SMILES string of the molecule is CCNCc1ccnc(N2CCCOc3ccccc32)c1. The van der Waals surface area contributed by atoms with Crippen molar-refractivity contribution in [1.29, 1.82) is 0 Å². The molecule has 1 aliphatic heterocycles. The Bertz CT molecular complexity index is 600. The van der Waals surface area contributed by atoms with Crippen LogP contribution in [0.2, 0.25) is 0 Å². The highest BCUT2D eigenvalue weighted by molar-refractivity contribution is 5.67. The molecule has 1 aromatic carbocycles. The van der Waals surface area contributed by atoms with Crippen molar-refractivity contribution in [2.24, 2.45) is 0 Å². The topological polar surface area (TPSA) is 37.4 Å². The van der Waals surface area contributed by atoms with Gasteiger partial charge in [0, 0.05) is 19.3 Å². The number of anilines is 2. The van der Waals surface area contributed by atoms with E-state index in [2.05, 4.69) is 40.3 Å². The molecule has 0 amide bonds. The summed E-state index contributed by atoms with van der Waals surface area (Å²) in [6.45, 7) is 5.64. The van der Waals surface area contributed by atoms with Gasteiger partial charge in [0.2, 0.25) is 0 Å². The molecule has 0 saturated carbocycles. The number of pyridine rings is 1. The second-order valence-corrected chi connectivity index (χ2v) is 5.12. The zero-order valence-electron chi connectivity index (χ0n) is 12.4. The average Bonchev–Trinajstić information content (AvgIpc) is 2.75. The van der Waals surface area contributed by atoms with Gasteiger partial charge in [-0.2, -0.15) is 0 Å². The second kappa shape index (κ2) is 6.59. The Morgan fingerprint density at radius 1 is 1.29 bits per heavy atom. The fraction of sp³-hybridized carbons (Fsp3) is 0.353. The zero-order chi connectivity index (χ0) is 14.5. The van der Waals surface area contributed by atoms with Crippen molar-refractivity contribution in [3.8, 4) is 5.75 Å². The first-order valence-corrected chi connectivity index (χ1v) is 7.53. The van der Waals surface area contributed by atoms with Gasteiger partial charge in [0.1, 0.15) is 11.6 Å². The molecule has 0 spiro atoms. The van der Waals surface area contributed by atoms with Crippen LogP contribution < -0.4 is 15.0 Å². The van der Waals surface area contributed by atoms with E-state index >= 15 is 0 Å². The van der Waals surface area contributed by atoms with Gasteiger partial charge in [-0.15, -0.1) is 0 Å². The number of aromatic nitrogens is 1. The summed E-state index contributed by atoms with van der Waals surface area (Å²) in [4.78, 5) is 6.80. The summed E-state index contributed by atoms with van der Waals surface area (Å²) in [6.07, 6.45) is 2.88. The van der Waals surface area contributed by atoms with E-state index < -0.39 is 0 Å². The quantitative estimate of drug-likeness (QED) is 0.935. The number of para-hydroxylation sites is 2. The minimum absolute atomic E-state index is 0.755. The minimum atomic E-state index is 0.755. The predicted molar refractivity (Wildman–Crippen MR) is 85.2 cm³/mol. The molecule has 4 heteroatoms. The highest BCUT2D eigenvalue weighted by Gasteiger charge is 2.18. The molecule has 2 aromatic rings. The molecule has 2 heterocycles. The van der Waals surface area contributed by atoms with Crippen molar-refractivity contribution in [3.63, 3.8) is 0 Å². The van der Waals surface area contributed by atoms with Crippen LogP contribution in [0.15, 0.2) is 42.6 Å². The van der Waals surface area contributed by atoms with E-state index in [1.54, 1.807) is 0 Å². The summed E-state index contributed by atoms with van der Waals surface area (Å²) in [5.41, 5.74) is 2.35. The first-order chi connectivity index (χ1) is 10.4. The van der Waals surface area contributed by atoms with Gasteiger partial charge in [0.15, 0.2) is 0 Å². The summed E-state index contributed by atoms with van der Waals surface area (Å²) >= 11 is 0. The van der Waals surface area contributed by atoms with E-state index in [1.807, 2.05) is 24.4 Å². The highest BCUT2D eigenvalue weighted by atomic mass is 16.5. The monoisotopic (exact) mass is 283 g/mol. The third-order valence-corrected chi connectivity index (χ3v) is 3.61. The fourth-order valence-corrected chi connectivity index (χ4v) is 2.55. The number of benzene rings is 1. The summed E-state index contributed by atoms with van der Waals surface area (Å²) in [7, 11) is 0. The normalized spacial score (nSPS) is 14.2. The Morgan fingerprint density at radius 2 is 2.19 bits per heavy atom. The molecule has 0 fully saturated rings. The zero-order valence-corrected chi connectivity index (χ0v) is 12.4. The van der Waals surface area contributed by atoms with Crippen molar-refractivity contribution >= 4 is 11.5 Å². The maximum absolute atomic E-state index is 5.81. The summed E-state index contributed by atoms with van der Waals surface area (Å²) in [6, 6.07) is 12.4. The number of fused-ring (bicyclic) bond motifs is 1. The number of hydrogen-bond donors (Lipinski definition) is 1. The molecule has 21 heavy (non-hydrogen) atoms. The van der Waals surface area contributed by atoms with Gasteiger partial charge in [-0.05, 0) is 42.8 Å². The maximum atomic E-state index is 5.81. The van der Waals surface area contributed by atoms with Crippen LogP contribution in [0.25, 0.3) is 0 Å². The Kier molecular flexibility index (Phi) is 4.36.